The molecule has 0 saturated heterocycles. The minimum atomic E-state index is -0.447. The number of halogens is 1. The number of hydrogen-bond donors (Lipinski definition) is 1. The second-order valence-electron chi connectivity index (χ2n) is 6.13. The molecule has 0 atom stereocenters. The Morgan fingerprint density at radius 2 is 2.00 bits per heavy atom. The first kappa shape index (κ1) is 18.8. The van der Waals surface area contributed by atoms with Gasteiger partial charge in [0.15, 0.2) is 11.6 Å². The van der Waals surface area contributed by atoms with E-state index in [1.807, 2.05) is 36.6 Å². The first-order valence-corrected chi connectivity index (χ1v) is 9.21. The highest BCUT2D eigenvalue weighted by Gasteiger charge is 2.12. The topological polar surface area (TPSA) is 54.5 Å². The fourth-order valence-electron chi connectivity index (χ4n) is 2.56. The molecular weight excluding hydrogens is 365 g/mol. The number of carbonyl (C=O) groups excluding carboxylic acids is 1. The summed E-state index contributed by atoms with van der Waals surface area (Å²) in [5.74, 6) is -0.266. The lowest BCUT2D eigenvalue weighted by Gasteiger charge is -2.18. The number of urea groups is 1. The van der Waals surface area contributed by atoms with Gasteiger partial charge in [0.1, 0.15) is 5.01 Å². The van der Waals surface area contributed by atoms with Crippen LogP contribution >= 0.6 is 11.3 Å². The van der Waals surface area contributed by atoms with Gasteiger partial charge in [-0.15, -0.1) is 11.3 Å². The normalized spacial score (nSPS) is 10.5. The van der Waals surface area contributed by atoms with Gasteiger partial charge in [-0.1, -0.05) is 6.07 Å². The molecule has 0 unspecified atom stereocenters. The zero-order valence-electron chi connectivity index (χ0n) is 15.3. The van der Waals surface area contributed by atoms with E-state index in [9.17, 15) is 9.18 Å². The maximum Gasteiger partial charge on any atom is 0.321 e. The number of amides is 2. The number of anilines is 1. The van der Waals surface area contributed by atoms with Crippen molar-refractivity contribution in [2.75, 3.05) is 19.5 Å². The molecule has 0 bridgehead atoms. The number of nitrogens with zero attached hydrogens (tertiary/aromatic N) is 2. The lowest BCUT2D eigenvalue weighted by Crippen LogP contribution is -2.30. The van der Waals surface area contributed by atoms with Crippen LogP contribution in [-0.4, -0.2) is 30.1 Å². The van der Waals surface area contributed by atoms with Gasteiger partial charge in [0.2, 0.25) is 0 Å². The molecule has 0 aliphatic carbocycles. The van der Waals surface area contributed by atoms with Crippen LogP contribution in [-0.2, 0) is 6.54 Å². The summed E-state index contributed by atoms with van der Waals surface area (Å²) in [6.07, 6.45) is 0. The standard InChI is InChI=1S/C20H20FN3O2S/c1-13-12-27-19(22-13)15-5-7-16(8-6-15)23-20(25)24(2)11-14-4-9-18(26-3)17(21)10-14/h4-10,12H,11H2,1-3H3,(H,23,25). The molecule has 2 amide bonds. The predicted octanol–water partition coefficient (Wildman–Crippen LogP) is 4.93. The lowest BCUT2D eigenvalue weighted by molar-refractivity contribution is 0.220. The summed E-state index contributed by atoms with van der Waals surface area (Å²) in [4.78, 5) is 18.3. The number of methoxy groups -OCH3 is 1. The van der Waals surface area contributed by atoms with E-state index in [-0.39, 0.29) is 18.3 Å². The van der Waals surface area contributed by atoms with Crippen LogP contribution in [0.25, 0.3) is 10.6 Å². The number of rotatable bonds is 5. The average Bonchev–Trinajstić information content (AvgIpc) is 3.09. The summed E-state index contributed by atoms with van der Waals surface area (Å²) < 4.78 is 18.7. The summed E-state index contributed by atoms with van der Waals surface area (Å²) >= 11 is 1.59. The molecule has 7 heteroatoms. The number of nitrogens with one attached hydrogen (secondary N) is 1. The minimum Gasteiger partial charge on any atom is -0.494 e. The summed E-state index contributed by atoms with van der Waals surface area (Å²) in [6.45, 7) is 2.24. The van der Waals surface area contributed by atoms with Crippen LogP contribution in [0.2, 0.25) is 0 Å². The molecule has 2 aromatic carbocycles. The van der Waals surface area contributed by atoms with Gasteiger partial charge in [-0.05, 0) is 48.9 Å². The van der Waals surface area contributed by atoms with Crippen LogP contribution in [0.1, 0.15) is 11.3 Å². The third-order valence-electron chi connectivity index (χ3n) is 3.98. The smallest absolute Gasteiger partial charge is 0.321 e. The Bertz CT molecular complexity index is 941. The maximum atomic E-state index is 13.8. The van der Waals surface area contributed by atoms with Crippen LogP contribution in [0.4, 0.5) is 14.9 Å². The van der Waals surface area contributed by atoms with E-state index in [0.717, 1.165) is 16.3 Å². The van der Waals surface area contributed by atoms with Gasteiger partial charge in [-0.3, -0.25) is 0 Å². The average molecular weight is 385 g/mol. The van der Waals surface area contributed by atoms with E-state index < -0.39 is 5.82 Å². The molecule has 1 aromatic heterocycles. The Hall–Kier alpha value is -2.93. The van der Waals surface area contributed by atoms with Crippen molar-refractivity contribution in [3.05, 3.63) is 64.9 Å². The number of hydrogen-bond acceptors (Lipinski definition) is 4. The van der Waals surface area contributed by atoms with Gasteiger partial charge < -0.3 is 15.0 Å². The van der Waals surface area contributed by atoms with E-state index in [1.54, 1.807) is 30.5 Å². The van der Waals surface area contributed by atoms with E-state index >= 15 is 0 Å². The number of benzene rings is 2. The third kappa shape index (κ3) is 4.62. The number of aryl methyl sites for hydroxylation is 1. The first-order valence-electron chi connectivity index (χ1n) is 8.33. The summed E-state index contributed by atoms with van der Waals surface area (Å²) in [6, 6.07) is 11.9. The minimum absolute atomic E-state index is 0.182. The number of thiazole rings is 1. The van der Waals surface area contributed by atoms with Crippen molar-refractivity contribution in [1.82, 2.24) is 9.88 Å². The molecule has 1 heterocycles. The van der Waals surface area contributed by atoms with Crippen LogP contribution in [0.15, 0.2) is 47.8 Å². The maximum absolute atomic E-state index is 13.8. The summed E-state index contributed by atoms with van der Waals surface area (Å²) in [5.41, 5.74) is 3.36. The SMILES string of the molecule is COc1ccc(CN(C)C(=O)Nc2ccc(-c3nc(C)cs3)cc2)cc1F. The van der Waals surface area contributed by atoms with E-state index in [4.69, 9.17) is 4.74 Å². The van der Waals surface area contributed by atoms with Gasteiger partial charge in [-0.2, -0.15) is 0 Å². The van der Waals surface area contributed by atoms with Crippen molar-refractivity contribution >= 4 is 23.1 Å². The molecule has 0 aliphatic heterocycles. The Labute approximate surface area is 161 Å². The molecule has 0 fully saturated rings. The van der Waals surface area contributed by atoms with E-state index in [0.29, 0.717) is 11.3 Å². The van der Waals surface area contributed by atoms with Crippen LogP contribution < -0.4 is 10.1 Å². The largest absolute Gasteiger partial charge is 0.494 e. The van der Waals surface area contributed by atoms with Crippen LogP contribution in [0.5, 0.6) is 5.75 Å². The van der Waals surface area contributed by atoms with Crippen molar-refractivity contribution in [1.29, 1.82) is 0 Å². The quantitative estimate of drug-likeness (QED) is 0.677. The molecule has 0 saturated carbocycles. The Kier molecular flexibility index (Phi) is 5.71. The summed E-state index contributed by atoms with van der Waals surface area (Å²) in [7, 11) is 3.07. The van der Waals surface area contributed by atoms with Crippen LogP contribution in [0, 0.1) is 12.7 Å². The molecule has 0 radical (unpaired) electrons. The van der Waals surface area contributed by atoms with Gasteiger partial charge in [0, 0.05) is 35.9 Å². The van der Waals surface area contributed by atoms with Crippen molar-refractivity contribution in [3.8, 4) is 16.3 Å². The van der Waals surface area contributed by atoms with Gasteiger partial charge in [-0.25, -0.2) is 14.2 Å². The van der Waals surface area contributed by atoms with Crippen molar-refractivity contribution < 1.29 is 13.9 Å². The molecule has 140 valence electrons. The van der Waals surface area contributed by atoms with Gasteiger partial charge >= 0.3 is 6.03 Å². The number of carbonyl (C=O) groups is 1. The molecule has 0 aliphatic rings. The number of aromatic nitrogens is 1. The summed E-state index contributed by atoms with van der Waals surface area (Å²) in [5, 5.41) is 5.78. The molecule has 3 rings (SSSR count). The Balaban J connectivity index is 1.61. The molecule has 3 aromatic rings. The van der Waals surface area contributed by atoms with Crippen molar-refractivity contribution in [3.63, 3.8) is 0 Å². The predicted molar refractivity (Wildman–Crippen MR) is 106 cm³/mol. The van der Waals surface area contributed by atoms with E-state index in [1.165, 1.54) is 18.1 Å². The highest BCUT2D eigenvalue weighted by molar-refractivity contribution is 7.13. The first-order chi connectivity index (χ1) is 13.0. The molecule has 1 N–H and O–H groups in total. The monoisotopic (exact) mass is 385 g/mol. The zero-order chi connectivity index (χ0) is 19.4. The van der Waals surface area contributed by atoms with E-state index in [2.05, 4.69) is 10.3 Å². The van der Waals surface area contributed by atoms with Crippen molar-refractivity contribution in [2.45, 2.75) is 13.5 Å². The third-order valence-corrected chi connectivity index (χ3v) is 4.99. The zero-order valence-corrected chi connectivity index (χ0v) is 16.1. The molecular formula is C20H20FN3O2S. The molecule has 0 spiro atoms. The number of ether oxygens (including phenoxy) is 1. The van der Waals surface area contributed by atoms with Gasteiger partial charge in [0.25, 0.3) is 0 Å². The second-order valence-corrected chi connectivity index (χ2v) is 6.98. The van der Waals surface area contributed by atoms with Crippen LogP contribution in [0.3, 0.4) is 0 Å². The fourth-order valence-corrected chi connectivity index (χ4v) is 3.36. The highest BCUT2D eigenvalue weighted by Crippen LogP contribution is 2.25. The Morgan fingerprint density at radius 3 is 2.59 bits per heavy atom. The fraction of sp³-hybridized carbons (Fsp3) is 0.200. The highest BCUT2D eigenvalue weighted by atomic mass is 32.1. The Morgan fingerprint density at radius 1 is 1.26 bits per heavy atom. The second kappa shape index (κ2) is 8.18. The van der Waals surface area contributed by atoms with Gasteiger partial charge in [0.05, 0.1) is 7.11 Å². The van der Waals surface area contributed by atoms with Crippen molar-refractivity contribution in [2.24, 2.45) is 0 Å². The molecule has 5 nitrogen and oxygen atoms in total. The lowest BCUT2D eigenvalue weighted by atomic mass is 10.2. The molecule has 27 heavy (non-hydrogen) atoms.